The molecule has 1 fully saturated rings. The van der Waals surface area contributed by atoms with Gasteiger partial charge >= 0.3 is 12.0 Å². The van der Waals surface area contributed by atoms with Gasteiger partial charge in [-0.1, -0.05) is 13.8 Å². The van der Waals surface area contributed by atoms with Gasteiger partial charge in [0.1, 0.15) is 5.54 Å². The van der Waals surface area contributed by atoms with Crippen LogP contribution in [-0.2, 0) is 9.53 Å². The van der Waals surface area contributed by atoms with Crippen LogP contribution in [0, 0.1) is 5.92 Å². The van der Waals surface area contributed by atoms with Crippen molar-refractivity contribution in [2.75, 3.05) is 26.8 Å². The lowest BCUT2D eigenvalue weighted by atomic mass is 9.93. The number of carboxylic acid groups (broad SMARTS) is 1. The lowest BCUT2D eigenvalue weighted by Gasteiger charge is -2.32. The Labute approximate surface area is 120 Å². The van der Waals surface area contributed by atoms with E-state index < -0.39 is 11.5 Å². The molecular weight excluding hydrogens is 260 g/mol. The van der Waals surface area contributed by atoms with Gasteiger partial charge in [0.05, 0.1) is 0 Å². The van der Waals surface area contributed by atoms with E-state index in [1.165, 1.54) is 0 Å². The van der Waals surface area contributed by atoms with Crippen LogP contribution in [0.3, 0.4) is 0 Å². The highest BCUT2D eigenvalue weighted by Gasteiger charge is 2.37. The maximum absolute atomic E-state index is 12.2. The first-order valence-corrected chi connectivity index (χ1v) is 7.29. The largest absolute Gasteiger partial charge is 0.480 e. The van der Waals surface area contributed by atoms with Gasteiger partial charge in [0.25, 0.3) is 0 Å². The molecule has 0 saturated carbocycles. The molecule has 0 aromatic rings. The zero-order chi connectivity index (χ0) is 15.2. The van der Waals surface area contributed by atoms with Crippen LogP contribution >= 0.6 is 0 Å². The summed E-state index contributed by atoms with van der Waals surface area (Å²) in [6.45, 7) is 5.66. The minimum absolute atomic E-state index is 0.317. The van der Waals surface area contributed by atoms with Crippen LogP contribution < -0.4 is 5.32 Å². The summed E-state index contributed by atoms with van der Waals surface area (Å²) in [5.74, 6) is -0.544. The molecule has 1 rings (SSSR count). The number of carbonyl (C=O) groups excluding carboxylic acids is 1. The summed E-state index contributed by atoms with van der Waals surface area (Å²) in [6, 6.07) is -0.317. The van der Waals surface area contributed by atoms with Crippen LogP contribution in [0.4, 0.5) is 4.79 Å². The smallest absolute Gasteiger partial charge is 0.329 e. The number of hydrogen-bond donors (Lipinski definition) is 2. The number of nitrogens with zero attached hydrogens (tertiary/aromatic N) is 1. The Morgan fingerprint density at radius 1 is 1.30 bits per heavy atom. The predicted octanol–water partition coefficient (Wildman–Crippen LogP) is 1.70. The molecule has 0 atom stereocenters. The zero-order valence-electron chi connectivity index (χ0n) is 12.6. The summed E-state index contributed by atoms with van der Waals surface area (Å²) < 4.78 is 5.29. The molecule has 1 heterocycles. The Kier molecular flexibility index (Phi) is 6.26. The number of amides is 2. The van der Waals surface area contributed by atoms with E-state index in [1.54, 1.807) is 25.8 Å². The van der Waals surface area contributed by atoms with Crippen molar-refractivity contribution in [1.82, 2.24) is 10.2 Å². The van der Waals surface area contributed by atoms with E-state index in [4.69, 9.17) is 4.74 Å². The van der Waals surface area contributed by atoms with Crippen molar-refractivity contribution in [3.63, 3.8) is 0 Å². The molecule has 0 aliphatic carbocycles. The summed E-state index contributed by atoms with van der Waals surface area (Å²) in [4.78, 5) is 25.1. The number of nitrogens with one attached hydrogen (secondary N) is 1. The molecule has 2 amide bonds. The first-order chi connectivity index (χ1) is 9.45. The number of hydrogen-bond acceptors (Lipinski definition) is 3. The van der Waals surface area contributed by atoms with Gasteiger partial charge in [-0.3, -0.25) is 0 Å². The number of ether oxygens (including phenoxy) is 1. The lowest BCUT2D eigenvalue weighted by Crippen LogP contribution is -2.57. The van der Waals surface area contributed by atoms with E-state index in [9.17, 15) is 14.7 Å². The quantitative estimate of drug-likeness (QED) is 0.779. The highest BCUT2D eigenvalue weighted by atomic mass is 16.5. The van der Waals surface area contributed by atoms with E-state index in [-0.39, 0.29) is 6.03 Å². The van der Waals surface area contributed by atoms with Gasteiger partial charge in [-0.25, -0.2) is 9.59 Å². The van der Waals surface area contributed by atoms with E-state index in [2.05, 4.69) is 5.32 Å². The van der Waals surface area contributed by atoms with Gasteiger partial charge in [0.15, 0.2) is 0 Å². The molecule has 0 spiro atoms. The maximum Gasteiger partial charge on any atom is 0.329 e. The van der Waals surface area contributed by atoms with Crippen molar-refractivity contribution in [1.29, 1.82) is 0 Å². The van der Waals surface area contributed by atoms with Crippen molar-refractivity contribution in [3.8, 4) is 0 Å². The molecule has 20 heavy (non-hydrogen) atoms. The van der Waals surface area contributed by atoms with Crippen LogP contribution in [0.1, 0.15) is 39.5 Å². The predicted molar refractivity (Wildman–Crippen MR) is 75.7 cm³/mol. The second-order valence-corrected chi connectivity index (χ2v) is 5.46. The van der Waals surface area contributed by atoms with Gasteiger partial charge in [0, 0.05) is 26.8 Å². The van der Waals surface area contributed by atoms with Crippen molar-refractivity contribution in [2.45, 2.75) is 45.1 Å². The van der Waals surface area contributed by atoms with Gasteiger partial charge in [-0.2, -0.15) is 0 Å². The molecule has 0 aromatic carbocycles. The van der Waals surface area contributed by atoms with Crippen LogP contribution in [-0.4, -0.2) is 54.4 Å². The number of aliphatic carboxylic acids is 1. The molecule has 1 aliphatic rings. The highest BCUT2D eigenvalue weighted by Crippen LogP contribution is 2.18. The summed E-state index contributed by atoms with van der Waals surface area (Å²) in [5, 5.41) is 12.0. The van der Waals surface area contributed by atoms with Gasteiger partial charge < -0.3 is 20.1 Å². The van der Waals surface area contributed by atoms with E-state index in [0.29, 0.717) is 25.3 Å². The minimum atomic E-state index is -1.17. The van der Waals surface area contributed by atoms with E-state index >= 15 is 0 Å². The normalized spacial score (nSPS) is 16.8. The second kappa shape index (κ2) is 7.47. The number of carbonyl (C=O) groups is 2. The molecule has 6 heteroatoms. The second-order valence-electron chi connectivity index (χ2n) is 5.46. The fourth-order valence-corrected chi connectivity index (χ4v) is 2.48. The van der Waals surface area contributed by atoms with Crippen molar-refractivity contribution >= 4 is 12.0 Å². The lowest BCUT2D eigenvalue weighted by molar-refractivity contribution is -0.144. The average Bonchev–Trinajstić information content (AvgIpc) is 2.45. The molecule has 1 saturated heterocycles. The fraction of sp³-hybridized carbons (Fsp3) is 0.857. The third-order valence-corrected chi connectivity index (χ3v) is 4.18. The van der Waals surface area contributed by atoms with Gasteiger partial charge in [-0.15, -0.1) is 0 Å². The Bertz CT molecular complexity index is 336. The molecule has 2 N–H and O–H groups in total. The SMILES string of the molecule is CCC(CC)(NC(=O)N(C)CC1CCOCC1)C(=O)O. The third kappa shape index (κ3) is 4.10. The number of urea groups is 1. The summed E-state index contributed by atoms with van der Waals surface area (Å²) >= 11 is 0. The summed E-state index contributed by atoms with van der Waals surface area (Å²) in [5.41, 5.74) is -1.17. The third-order valence-electron chi connectivity index (χ3n) is 4.18. The number of carboxylic acids is 1. The van der Waals surface area contributed by atoms with Crippen molar-refractivity contribution < 1.29 is 19.4 Å². The Morgan fingerprint density at radius 3 is 2.30 bits per heavy atom. The van der Waals surface area contributed by atoms with Crippen LogP contribution in [0.25, 0.3) is 0 Å². The summed E-state index contributed by atoms with van der Waals surface area (Å²) in [6.07, 6.45) is 2.64. The van der Waals surface area contributed by atoms with Crippen molar-refractivity contribution in [3.05, 3.63) is 0 Å². The average molecular weight is 286 g/mol. The zero-order valence-corrected chi connectivity index (χ0v) is 12.6. The van der Waals surface area contributed by atoms with E-state index in [0.717, 1.165) is 26.1 Å². The molecule has 1 aliphatic heterocycles. The highest BCUT2D eigenvalue weighted by molar-refractivity contribution is 5.86. The molecule has 0 radical (unpaired) electrons. The van der Waals surface area contributed by atoms with Crippen LogP contribution in [0.5, 0.6) is 0 Å². The molecule has 0 bridgehead atoms. The molecule has 0 unspecified atom stereocenters. The van der Waals surface area contributed by atoms with Crippen molar-refractivity contribution in [2.24, 2.45) is 5.92 Å². The Balaban J connectivity index is 2.57. The first kappa shape index (κ1) is 16.8. The Hall–Kier alpha value is -1.30. The first-order valence-electron chi connectivity index (χ1n) is 7.29. The van der Waals surface area contributed by atoms with Crippen LogP contribution in [0.15, 0.2) is 0 Å². The standard InChI is InChI=1S/C14H26N2O4/c1-4-14(5-2,12(17)18)15-13(19)16(3)10-11-6-8-20-9-7-11/h11H,4-10H2,1-3H3,(H,15,19)(H,17,18). The summed E-state index contributed by atoms with van der Waals surface area (Å²) in [7, 11) is 1.71. The molecule has 116 valence electrons. The Morgan fingerprint density at radius 2 is 1.85 bits per heavy atom. The number of rotatable bonds is 6. The fourth-order valence-electron chi connectivity index (χ4n) is 2.48. The molecular formula is C14H26N2O4. The minimum Gasteiger partial charge on any atom is -0.480 e. The van der Waals surface area contributed by atoms with E-state index in [1.807, 2.05) is 0 Å². The monoisotopic (exact) mass is 286 g/mol. The van der Waals surface area contributed by atoms with Crippen LogP contribution in [0.2, 0.25) is 0 Å². The van der Waals surface area contributed by atoms with Gasteiger partial charge in [0.2, 0.25) is 0 Å². The maximum atomic E-state index is 12.2. The molecule has 6 nitrogen and oxygen atoms in total. The molecule has 0 aromatic heterocycles. The van der Waals surface area contributed by atoms with Gasteiger partial charge in [-0.05, 0) is 31.6 Å². The topological polar surface area (TPSA) is 78.9 Å².